The number of methoxy groups -OCH3 is 2. The van der Waals surface area contributed by atoms with Crippen LogP contribution in [0, 0.1) is 11.1 Å². The van der Waals surface area contributed by atoms with Crippen LogP contribution in [0.15, 0.2) is 79.1 Å². The number of nitrogens with zero attached hydrogens (tertiary/aromatic N) is 2. The molecule has 12 nitrogen and oxygen atoms in total. The van der Waals surface area contributed by atoms with Gasteiger partial charge in [-0.15, -0.1) is 0 Å². The van der Waals surface area contributed by atoms with Crippen LogP contribution in [0.4, 0.5) is 4.79 Å². The average Bonchev–Trinajstić information content (AvgIpc) is 3.16. The number of aromatic carboxylic acids is 1. The number of benzene rings is 3. The van der Waals surface area contributed by atoms with Gasteiger partial charge in [-0.25, -0.2) is 14.4 Å². The van der Waals surface area contributed by atoms with E-state index in [9.17, 15) is 24.7 Å². The lowest BCUT2D eigenvalue weighted by atomic mass is 9.81. The Labute approximate surface area is 316 Å². The van der Waals surface area contributed by atoms with Crippen molar-refractivity contribution in [2.75, 3.05) is 33.9 Å². The van der Waals surface area contributed by atoms with Crippen LogP contribution >= 0.6 is 23.2 Å². The fourth-order valence-corrected chi connectivity index (χ4v) is 7.81. The Morgan fingerprint density at radius 3 is 2.26 bits per heavy atom. The molecule has 3 aromatic carbocycles. The lowest BCUT2D eigenvalue weighted by Gasteiger charge is -2.44. The van der Waals surface area contributed by atoms with Gasteiger partial charge in [0.2, 0.25) is 0 Å². The number of carbonyl (C=O) groups excluding carboxylic acids is 2. The number of ether oxygens (including phenoxy) is 4. The maximum atomic E-state index is 13.6. The molecule has 2 bridgehead atoms. The molecule has 278 valence electrons. The summed E-state index contributed by atoms with van der Waals surface area (Å²) in [7, 11) is 2.98. The lowest BCUT2D eigenvalue weighted by molar-refractivity contribution is -0.605. The van der Waals surface area contributed by atoms with Crippen molar-refractivity contribution in [1.82, 2.24) is 10.2 Å². The average molecular weight is 765 g/mol. The number of hydrogen-bond donors (Lipinski definition) is 2. The van der Waals surface area contributed by atoms with Crippen molar-refractivity contribution in [1.29, 1.82) is 0 Å². The summed E-state index contributed by atoms with van der Waals surface area (Å²) >= 11 is 13.1. The van der Waals surface area contributed by atoms with E-state index in [1.165, 1.54) is 20.3 Å². The molecular weight excluding hydrogens is 725 g/mol. The van der Waals surface area contributed by atoms with Gasteiger partial charge in [-0.3, -0.25) is 4.90 Å². The first-order valence-corrected chi connectivity index (χ1v) is 17.9. The van der Waals surface area contributed by atoms with Gasteiger partial charge in [-0.05, 0) is 78.7 Å². The van der Waals surface area contributed by atoms with E-state index in [2.05, 4.69) is 10.2 Å². The van der Waals surface area contributed by atoms with Crippen LogP contribution in [0.25, 0.3) is 0 Å². The van der Waals surface area contributed by atoms with E-state index in [1.54, 1.807) is 60.7 Å². The molecule has 0 radical (unpaired) electrons. The van der Waals surface area contributed by atoms with Gasteiger partial charge in [0.25, 0.3) is 0 Å². The van der Waals surface area contributed by atoms with Gasteiger partial charge in [-0.1, -0.05) is 71.7 Å². The van der Waals surface area contributed by atoms with Gasteiger partial charge in [0, 0.05) is 18.0 Å². The predicted octanol–water partition coefficient (Wildman–Crippen LogP) is 6.32. The zero-order chi connectivity index (χ0) is 37.6. The molecule has 3 aliphatic rings. The van der Waals surface area contributed by atoms with Gasteiger partial charge >= 0.3 is 18.0 Å². The second kappa shape index (κ2) is 16.7. The highest BCUT2D eigenvalue weighted by atomic mass is 35.5. The fourth-order valence-electron chi connectivity index (χ4n) is 7.21. The molecular formula is C39H39Cl2N3O9. The molecule has 1 aromatic heterocycles. The number of nitrogens with one attached hydrogen (secondary N) is 1. The Bertz CT molecular complexity index is 1950. The molecule has 1 amide bonds. The van der Waals surface area contributed by atoms with Crippen LogP contribution < -0.4 is 19.5 Å². The number of hydrogen-bond acceptors (Lipinski definition) is 9. The van der Waals surface area contributed by atoms with E-state index in [0.29, 0.717) is 50.6 Å². The van der Waals surface area contributed by atoms with Crippen LogP contribution in [-0.2, 0) is 27.3 Å². The smallest absolute Gasteiger partial charge is 0.408 e. The number of esters is 1. The summed E-state index contributed by atoms with van der Waals surface area (Å²) in [5, 5.41) is 25.4. The molecule has 2 N–H and O–H groups in total. The zero-order valence-electron chi connectivity index (χ0n) is 29.1. The second-order valence-corrected chi connectivity index (χ2v) is 13.8. The van der Waals surface area contributed by atoms with Crippen molar-refractivity contribution in [3.8, 4) is 11.5 Å². The molecule has 0 aliphatic carbocycles. The zero-order valence-corrected chi connectivity index (χ0v) is 30.6. The maximum absolute atomic E-state index is 13.6. The number of aromatic nitrogens is 1. The number of pyridine rings is 1. The molecule has 14 heteroatoms. The van der Waals surface area contributed by atoms with Crippen LogP contribution in [0.1, 0.15) is 63.0 Å². The number of amides is 1. The molecule has 0 saturated carbocycles. The summed E-state index contributed by atoms with van der Waals surface area (Å²) in [4.78, 5) is 42.2. The summed E-state index contributed by atoms with van der Waals surface area (Å²) in [5.74, 6) is -1.46. The highest BCUT2D eigenvalue weighted by Gasteiger charge is 2.38. The minimum Gasteiger partial charge on any atom is -0.619 e. The molecule has 3 aliphatic heterocycles. The molecule has 53 heavy (non-hydrogen) atoms. The molecule has 4 heterocycles. The summed E-state index contributed by atoms with van der Waals surface area (Å²) in [6.07, 6.45) is 3.11. The Kier molecular flexibility index (Phi) is 11.9. The SMILES string of the molecule is COc1ccc(C(Cc2c(Cl)c[n+]([O-])cc2Cl)c2c(COC(=O)NC(C(=O)O[C@H]3CN4CCC3CC4)c3ccccc3)cccc2C(=O)O)cc1OC. The van der Waals surface area contributed by atoms with E-state index in [-0.39, 0.29) is 40.7 Å². The molecule has 3 fully saturated rings. The van der Waals surface area contributed by atoms with E-state index in [0.717, 1.165) is 38.3 Å². The Morgan fingerprint density at radius 1 is 0.943 bits per heavy atom. The van der Waals surface area contributed by atoms with Crippen LogP contribution in [-0.4, -0.2) is 68.0 Å². The van der Waals surface area contributed by atoms with Gasteiger partial charge in [0.05, 0.1) is 19.8 Å². The Morgan fingerprint density at radius 2 is 1.64 bits per heavy atom. The Hall–Kier alpha value is -5.04. The standard InChI is InChI=1S/C39H39Cl2N3O9/c1-50-32-12-11-25(17-33(32)51-2)28(18-29-30(40)19-44(49)20-31(29)41)35-26(9-6-10-27(35)37(45)46)22-52-39(48)42-36(24-7-4-3-5-8-24)38(47)53-34-21-43-15-13-23(34)14-16-43/h3-12,17,19-20,23,28,34,36H,13-16,18,21-22H2,1-2H3,(H,42,48)(H,45,46)/t28?,34-,36?/m0/s1. The van der Waals surface area contributed by atoms with Crippen molar-refractivity contribution >= 4 is 41.2 Å². The summed E-state index contributed by atoms with van der Waals surface area (Å²) < 4.78 is 23.2. The monoisotopic (exact) mass is 763 g/mol. The quantitative estimate of drug-likeness (QED) is 0.0900. The summed E-state index contributed by atoms with van der Waals surface area (Å²) in [5.41, 5.74) is 2.15. The number of carbonyl (C=O) groups is 3. The molecule has 0 spiro atoms. The normalized spacial score (nSPS) is 18.8. The topological polar surface area (TPSA) is 151 Å². The summed E-state index contributed by atoms with van der Waals surface area (Å²) in [6, 6.07) is 17.4. The van der Waals surface area contributed by atoms with Gasteiger partial charge in [0.15, 0.2) is 29.9 Å². The van der Waals surface area contributed by atoms with Gasteiger partial charge < -0.3 is 34.6 Å². The van der Waals surface area contributed by atoms with Crippen LogP contribution in [0.2, 0.25) is 10.0 Å². The van der Waals surface area contributed by atoms with Crippen molar-refractivity contribution in [3.05, 3.63) is 128 Å². The number of halogens is 2. The van der Waals surface area contributed by atoms with Crippen molar-refractivity contribution in [3.63, 3.8) is 0 Å². The second-order valence-electron chi connectivity index (χ2n) is 13.0. The third-order valence-electron chi connectivity index (χ3n) is 9.90. The minimum absolute atomic E-state index is 0.0546. The van der Waals surface area contributed by atoms with Crippen LogP contribution in [0.5, 0.6) is 11.5 Å². The fraction of sp³-hybridized carbons (Fsp3) is 0.333. The van der Waals surface area contributed by atoms with Gasteiger partial charge in [0.1, 0.15) is 22.8 Å². The molecule has 7 rings (SSSR count). The van der Waals surface area contributed by atoms with E-state index in [1.807, 2.05) is 0 Å². The largest absolute Gasteiger partial charge is 0.619 e. The third-order valence-corrected chi connectivity index (χ3v) is 10.6. The van der Waals surface area contributed by atoms with Crippen LogP contribution in [0.3, 0.4) is 0 Å². The first-order chi connectivity index (χ1) is 25.6. The predicted molar refractivity (Wildman–Crippen MR) is 195 cm³/mol. The van der Waals surface area contributed by atoms with Gasteiger partial charge in [-0.2, -0.15) is 4.73 Å². The molecule has 4 aromatic rings. The first kappa shape index (κ1) is 37.7. The van der Waals surface area contributed by atoms with E-state index < -0.39 is 30.0 Å². The minimum atomic E-state index is -1.22. The lowest BCUT2D eigenvalue weighted by Crippen LogP contribution is -2.52. The van der Waals surface area contributed by atoms with Crippen molar-refractivity contribution in [2.45, 2.75) is 43.9 Å². The van der Waals surface area contributed by atoms with E-state index >= 15 is 0 Å². The third kappa shape index (κ3) is 8.62. The van der Waals surface area contributed by atoms with Crippen molar-refractivity contribution in [2.24, 2.45) is 5.92 Å². The number of rotatable bonds is 13. The van der Waals surface area contributed by atoms with E-state index in [4.69, 9.17) is 42.1 Å². The highest BCUT2D eigenvalue weighted by molar-refractivity contribution is 6.35. The molecule has 3 atom stereocenters. The molecule has 2 unspecified atom stereocenters. The maximum Gasteiger partial charge on any atom is 0.408 e. The number of fused-ring (bicyclic) bond motifs is 3. The van der Waals surface area contributed by atoms with Crippen molar-refractivity contribution < 1.29 is 43.2 Å². The molecule has 3 saturated heterocycles. The Balaban J connectivity index is 1.31. The number of carboxylic acid groups (broad SMARTS) is 1. The highest BCUT2D eigenvalue weighted by Crippen LogP contribution is 2.40. The number of alkyl carbamates (subject to hydrolysis) is 1. The number of piperidine rings is 3. The first-order valence-electron chi connectivity index (χ1n) is 17.1. The summed E-state index contributed by atoms with van der Waals surface area (Å²) in [6.45, 7) is 2.26. The number of carboxylic acids is 1.